The Morgan fingerprint density at radius 3 is 2.80 bits per heavy atom. The maximum Gasteiger partial charge on any atom is 0.573 e. The number of carbonyl (C=O) groups is 1. The Hall–Kier alpha value is -1.52. The molecule has 0 aromatic heterocycles. The third-order valence-corrected chi connectivity index (χ3v) is 6.93. The van der Waals surface area contributed by atoms with Gasteiger partial charge in [0, 0.05) is 17.9 Å². The molecule has 1 aromatic carbocycles. The second kappa shape index (κ2) is 5.75. The number of fused-ring (bicyclic) bond motifs is 5. The summed E-state index contributed by atoms with van der Waals surface area (Å²) >= 11 is 0. The van der Waals surface area contributed by atoms with Crippen LogP contribution in [0.2, 0.25) is 0 Å². The van der Waals surface area contributed by atoms with Crippen LogP contribution in [-0.2, 0) is 11.2 Å². The summed E-state index contributed by atoms with van der Waals surface area (Å²) in [7, 11) is 0. The van der Waals surface area contributed by atoms with Crippen molar-refractivity contribution in [2.24, 2.45) is 17.3 Å². The van der Waals surface area contributed by atoms with E-state index in [-0.39, 0.29) is 17.1 Å². The third-order valence-electron chi connectivity index (χ3n) is 6.93. The Bertz CT molecular complexity index is 697. The van der Waals surface area contributed by atoms with Gasteiger partial charge >= 0.3 is 6.36 Å². The van der Waals surface area contributed by atoms with E-state index in [1.807, 2.05) is 0 Å². The van der Waals surface area contributed by atoms with E-state index >= 15 is 0 Å². The molecule has 3 aliphatic carbocycles. The van der Waals surface area contributed by atoms with Gasteiger partial charge in [-0.15, -0.1) is 13.2 Å². The highest BCUT2D eigenvalue weighted by atomic mass is 19.4. The lowest BCUT2D eigenvalue weighted by atomic mass is 9.54. The molecule has 0 unspecified atom stereocenters. The van der Waals surface area contributed by atoms with Gasteiger partial charge in [0.1, 0.15) is 11.5 Å². The minimum atomic E-state index is -4.69. The first-order chi connectivity index (χ1) is 11.8. The van der Waals surface area contributed by atoms with Crippen LogP contribution in [0.1, 0.15) is 62.5 Å². The van der Waals surface area contributed by atoms with E-state index in [9.17, 15) is 18.0 Å². The molecule has 0 heterocycles. The van der Waals surface area contributed by atoms with Gasteiger partial charge in [-0.1, -0.05) is 6.92 Å². The standard InChI is InChI=1S/C20H22F3O2/c1-2-19-10-9-14-15(17(19)7-8-18(19)24)6-4-12-3-5-13(11-16(12)14)25-20(21,22)23/h3,11,14-15,17H,2,4,6-10H2,1H3/t14-,15+,17-,19-/m0/s1. The third kappa shape index (κ3) is 2.67. The number of rotatable bonds is 2. The van der Waals surface area contributed by atoms with Crippen LogP contribution in [0.4, 0.5) is 13.2 Å². The smallest absolute Gasteiger partial charge is 0.405 e. The molecule has 0 aliphatic heterocycles. The molecule has 0 spiro atoms. The lowest BCUT2D eigenvalue weighted by molar-refractivity contribution is -0.274. The maximum atomic E-state index is 12.5. The van der Waals surface area contributed by atoms with Gasteiger partial charge in [-0.25, -0.2) is 0 Å². The molecule has 0 N–H and O–H groups in total. The van der Waals surface area contributed by atoms with Crippen LogP contribution in [0.3, 0.4) is 0 Å². The van der Waals surface area contributed by atoms with Gasteiger partial charge in [-0.3, -0.25) is 4.79 Å². The van der Waals surface area contributed by atoms with Crippen molar-refractivity contribution in [1.29, 1.82) is 0 Å². The van der Waals surface area contributed by atoms with Crippen LogP contribution in [0, 0.1) is 23.3 Å². The van der Waals surface area contributed by atoms with Gasteiger partial charge in [0.2, 0.25) is 0 Å². The van der Waals surface area contributed by atoms with E-state index in [0.717, 1.165) is 49.7 Å². The quantitative estimate of drug-likeness (QED) is 0.732. The first kappa shape index (κ1) is 16.9. The van der Waals surface area contributed by atoms with E-state index < -0.39 is 6.36 Å². The largest absolute Gasteiger partial charge is 0.573 e. The second-order valence-electron chi connectivity index (χ2n) is 7.75. The Labute approximate surface area is 145 Å². The number of ether oxygens (including phenoxy) is 1. The molecule has 2 nitrogen and oxygen atoms in total. The summed E-state index contributed by atoms with van der Waals surface area (Å²) in [5, 5.41) is 0. The van der Waals surface area contributed by atoms with Crippen molar-refractivity contribution in [1.82, 2.24) is 0 Å². The topological polar surface area (TPSA) is 26.3 Å². The Balaban J connectivity index is 1.67. The Morgan fingerprint density at radius 1 is 1.28 bits per heavy atom. The number of alkyl halides is 3. The molecule has 3 aliphatic rings. The van der Waals surface area contributed by atoms with Crippen LogP contribution in [-0.4, -0.2) is 12.1 Å². The van der Waals surface area contributed by atoms with E-state index in [4.69, 9.17) is 0 Å². The SMILES string of the molecule is CC[C@]12CC[C@@H]3c4cc(OC(F)(F)F)[c]cc4CC[C@H]3[C@@H]1CCC2=O. The van der Waals surface area contributed by atoms with Gasteiger partial charge in [-0.2, -0.15) is 0 Å². The zero-order chi connectivity index (χ0) is 17.8. The zero-order valence-electron chi connectivity index (χ0n) is 14.3. The molecular formula is C20H22F3O2. The van der Waals surface area contributed by atoms with Crippen molar-refractivity contribution < 1.29 is 22.7 Å². The number of carbonyl (C=O) groups excluding carboxylic acids is 1. The summed E-state index contributed by atoms with van der Waals surface area (Å²) in [5.41, 5.74) is 1.90. The number of aryl methyl sites for hydroxylation is 1. The fourth-order valence-corrected chi connectivity index (χ4v) is 5.88. The fourth-order valence-electron chi connectivity index (χ4n) is 5.88. The lowest BCUT2D eigenvalue weighted by Crippen LogP contribution is -2.44. The summed E-state index contributed by atoms with van der Waals surface area (Å²) in [4.78, 5) is 12.5. The lowest BCUT2D eigenvalue weighted by Gasteiger charge is -2.49. The molecule has 4 atom stereocenters. The zero-order valence-corrected chi connectivity index (χ0v) is 14.3. The number of hydrogen-bond acceptors (Lipinski definition) is 2. The monoisotopic (exact) mass is 351 g/mol. The molecule has 2 saturated carbocycles. The summed E-state index contributed by atoms with van der Waals surface area (Å²) in [5.74, 6) is 1.18. The first-order valence-corrected chi connectivity index (χ1v) is 9.17. The molecule has 135 valence electrons. The van der Waals surface area contributed by atoms with Crippen LogP contribution >= 0.6 is 0 Å². The molecule has 0 amide bonds. The molecule has 1 aromatic rings. The van der Waals surface area contributed by atoms with Crippen LogP contribution in [0.15, 0.2) is 12.1 Å². The van der Waals surface area contributed by atoms with Gasteiger partial charge in [0.05, 0.1) is 0 Å². The molecule has 0 bridgehead atoms. The van der Waals surface area contributed by atoms with E-state index in [0.29, 0.717) is 24.0 Å². The fraction of sp³-hybridized carbons (Fsp3) is 0.650. The average molecular weight is 351 g/mol. The Morgan fingerprint density at radius 2 is 2.08 bits per heavy atom. The summed E-state index contributed by atoms with van der Waals surface area (Å²) < 4.78 is 41.7. The highest BCUT2D eigenvalue weighted by Gasteiger charge is 2.56. The normalized spacial score (nSPS) is 34.2. The van der Waals surface area contributed by atoms with E-state index in [1.165, 1.54) is 6.07 Å². The Kier molecular flexibility index (Phi) is 3.89. The number of ketones is 1. The molecule has 5 heteroatoms. The summed E-state index contributed by atoms with van der Waals surface area (Å²) in [6, 6.07) is 5.82. The number of hydrogen-bond donors (Lipinski definition) is 0. The van der Waals surface area contributed by atoms with Crippen LogP contribution < -0.4 is 4.74 Å². The van der Waals surface area contributed by atoms with E-state index in [2.05, 4.69) is 17.7 Å². The van der Waals surface area contributed by atoms with Gasteiger partial charge in [0.25, 0.3) is 0 Å². The summed E-state index contributed by atoms with van der Waals surface area (Å²) in [6.07, 6.45) is 1.41. The number of Topliss-reactive ketones (excluding diaryl/α,β-unsaturated/α-hetero) is 1. The van der Waals surface area contributed by atoms with Crippen molar-refractivity contribution in [3.8, 4) is 5.75 Å². The van der Waals surface area contributed by atoms with Gasteiger partial charge in [0.15, 0.2) is 0 Å². The van der Waals surface area contributed by atoms with E-state index in [1.54, 1.807) is 6.07 Å². The minimum absolute atomic E-state index is 0.176. The van der Waals surface area contributed by atoms with Crippen molar-refractivity contribution in [3.05, 3.63) is 29.3 Å². The molecule has 1 radical (unpaired) electrons. The van der Waals surface area contributed by atoms with Gasteiger partial charge in [-0.05, 0) is 79.5 Å². The highest BCUT2D eigenvalue weighted by Crippen LogP contribution is 2.61. The first-order valence-electron chi connectivity index (χ1n) is 9.17. The van der Waals surface area contributed by atoms with Crippen molar-refractivity contribution in [2.75, 3.05) is 0 Å². The van der Waals surface area contributed by atoms with Gasteiger partial charge < -0.3 is 4.74 Å². The maximum absolute atomic E-state index is 12.5. The van der Waals surface area contributed by atoms with Crippen molar-refractivity contribution in [2.45, 2.75) is 64.1 Å². The average Bonchev–Trinajstić information content (AvgIpc) is 2.90. The predicted octanol–water partition coefficient (Wildman–Crippen LogP) is 5.20. The van der Waals surface area contributed by atoms with Crippen LogP contribution in [0.25, 0.3) is 0 Å². The number of benzene rings is 1. The number of halogens is 3. The molecule has 25 heavy (non-hydrogen) atoms. The molecule has 0 saturated heterocycles. The van der Waals surface area contributed by atoms with Crippen molar-refractivity contribution in [3.63, 3.8) is 0 Å². The van der Waals surface area contributed by atoms with Crippen molar-refractivity contribution >= 4 is 5.78 Å². The molecular weight excluding hydrogens is 329 g/mol. The summed E-state index contributed by atoms with van der Waals surface area (Å²) in [6.45, 7) is 2.11. The minimum Gasteiger partial charge on any atom is -0.405 e. The highest BCUT2D eigenvalue weighted by molar-refractivity contribution is 5.87. The molecule has 2 fully saturated rings. The second-order valence-corrected chi connectivity index (χ2v) is 7.75. The predicted molar refractivity (Wildman–Crippen MR) is 86.2 cm³/mol. The molecule has 4 rings (SSSR count). The van der Waals surface area contributed by atoms with Crippen LogP contribution in [0.5, 0.6) is 5.75 Å².